The van der Waals surface area contributed by atoms with E-state index in [2.05, 4.69) is 26.2 Å². The Hall–Kier alpha value is -0.0800. The zero-order valence-electron chi connectivity index (χ0n) is 11.8. The molecule has 0 spiro atoms. The second-order valence-corrected chi connectivity index (χ2v) is 6.16. The van der Waals surface area contributed by atoms with Gasteiger partial charge in [0.1, 0.15) is 0 Å². The summed E-state index contributed by atoms with van der Waals surface area (Å²) in [5.41, 5.74) is 0.437. The van der Waals surface area contributed by atoms with Gasteiger partial charge in [-0.15, -0.1) is 0 Å². The summed E-state index contributed by atoms with van der Waals surface area (Å²) in [6.45, 7) is 6.81. The van der Waals surface area contributed by atoms with E-state index in [0.717, 1.165) is 25.0 Å². The molecule has 0 aromatic heterocycles. The van der Waals surface area contributed by atoms with E-state index < -0.39 is 0 Å². The van der Waals surface area contributed by atoms with Crippen molar-refractivity contribution in [1.29, 1.82) is 0 Å². The molecule has 0 amide bonds. The maximum absolute atomic E-state index is 6.10. The fourth-order valence-electron chi connectivity index (χ4n) is 3.73. The molecule has 1 heterocycles. The molecule has 1 N–H and O–H groups in total. The van der Waals surface area contributed by atoms with Gasteiger partial charge in [-0.1, -0.05) is 26.7 Å². The Morgan fingerprint density at radius 1 is 1.29 bits per heavy atom. The van der Waals surface area contributed by atoms with Gasteiger partial charge in [0.15, 0.2) is 0 Å². The van der Waals surface area contributed by atoms with Gasteiger partial charge in [-0.05, 0) is 44.6 Å². The van der Waals surface area contributed by atoms with E-state index in [1.165, 1.54) is 38.5 Å². The summed E-state index contributed by atoms with van der Waals surface area (Å²) in [5, 5.41) is 3.44. The molecule has 2 unspecified atom stereocenters. The molecule has 17 heavy (non-hydrogen) atoms. The first kappa shape index (κ1) is 13.4. The summed E-state index contributed by atoms with van der Waals surface area (Å²) in [6.07, 6.45) is 8.63. The van der Waals surface area contributed by atoms with Crippen LogP contribution in [0.15, 0.2) is 0 Å². The highest BCUT2D eigenvalue weighted by atomic mass is 16.5. The molecular weight excluding hydrogens is 210 g/mol. The van der Waals surface area contributed by atoms with Gasteiger partial charge in [-0.25, -0.2) is 0 Å². The molecule has 2 aliphatic rings. The maximum Gasteiger partial charge on any atom is 0.0672 e. The normalized spacial score (nSPS) is 33.5. The Kier molecular flexibility index (Phi) is 4.48. The summed E-state index contributed by atoms with van der Waals surface area (Å²) in [6, 6.07) is 0. The van der Waals surface area contributed by atoms with Crippen LogP contribution in [0.3, 0.4) is 0 Å². The molecule has 2 heteroatoms. The molecule has 100 valence electrons. The van der Waals surface area contributed by atoms with E-state index in [9.17, 15) is 0 Å². The van der Waals surface area contributed by atoms with Crippen molar-refractivity contribution in [2.45, 2.75) is 58.5 Å². The van der Waals surface area contributed by atoms with Crippen molar-refractivity contribution < 1.29 is 4.74 Å². The third-order valence-electron chi connectivity index (χ3n) is 4.93. The summed E-state index contributed by atoms with van der Waals surface area (Å²) < 4.78 is 6.10. The molecule has 2 nitrogen and oxygen atoms in total. The van der Waals surface area contributed by atoms with Crippen LogP contribution in [0.25, 0.3) is 0 Å². The number of nitrogens with one attached hydrogen (secondary N) is 1. The van der Waals surface area contributed by atoms with Crippen LogP contribution < -0.4 is 5.32 Å². The lowest BCUT2D eigenvalue weighted by Crippen LogP contribution is -2.42. The average Bonchev–Trinajstić information content (AvgIpc) is 3.10. The standard InChI is InChI=1S/C15H29NO/c1-4-12(5-2)10-15(11-16-3)8-9-17-14(15)13-6-7-13/h12-14,16H,4-11H2,1-3H3. The lowest BCUT2D eigenvalue weighted by molar-refractivity contribution is 0.0187. The highest BCUT2D eigenvalue weighted by Crippen LogP contribution is 2.50. The molecule has 0 radical (unpaired) electrons. The summed E-state index contributed by atoms with van der Waals surface area (Å²) in [5.74, 6) is 1.76. The Bertz CT molecular complexity index is 235. The van der Waals surface area contributed by atoms with E-state index in [1.807, 2.05) is 0 Å². The third kappa shape index (κ3) is 2.85. The van der Waals surface area contributed by atoms with E-state index >= 15 is 0 Å². The van der Waals surface area contributed by atoms with Crippen LogP contribution in [0, 0.1) is 17.3 Å². The second kappa shape index (κ2) is 5.71. The molecule has 1 aliphatic carbocycles. The van der Waals surface area contributed by atoms with Crippen LogP contribution in [0.2, 0.25) is 0 Å². The van der Waals surface area contributed by atoms with Crippen molar-refractivity contribution in [2.75, 3.05) is 20.2 Å². The number of ether oxygens (including phenoxy) is 1. The number of hydrogen-bond donors (Lipinski definition) is 1. The summed E-state index contributed by atoms with van der Waals surface area (Å²) in [7, 11) is 2.09. The van der Waals surface area contributed by atoms with Crippen molar-refractivity contribution >= 4 is 0 Å². The minimum Gasteiger partial charge on any atom is -0.377 e. The molecule has 1 aliphatic heterocycles. The summed E-state index contributed by atoms with van der Waals surface area (Å²) in [4.78, 5) is 0. The van der Waals surface area contributed by atoms with E-state index in [-0.39, 0.29) is 0 Å². The minimum absolute atomic E-state index is 0.437. The van der Waals surface area contributed by atoms with Crippen molar-refractivity contribution in [1.82, 2.24) is 5.32 Å². The van der Waals surface area contributed by atoms with Gasteiger partial charge in [-0.2, -0.15) is 0 Å². The van der Waals surface area contributed by atoms with Crippen LogP contribution in [-0.2, 0) is 4.74 Å². The molecule has 2 atom stereocenters. The van der Waals surface area contributed by atoms with Gasteiger partial charge in [0.25, 0.3) is 0 Å². The first-order chi connectivity index (χ1) is 8.25. The monoisotopic (exact) mass is 239 g/mol. The predicted octanol–water partition coefficient (Wildman–Crippen LogP) is 3.22. The van der Waals surface area contributed by atoms with Crippen molar-refractivity contribution in [3.05, 3.63) is 0 Å². The lowest BCUT2D eigenvalue weighted by Gasteiger charge is -2.37. The van der Waals surface area contributed by atoms with Gasteiger partial charge in [0.2, 0.25) is 0 Å². The second-order valence-electron chi connectivity index (χ2n) is 6.16. The van der Waals surface area contributed by atoms with Gasteiger partial charge in [0, 0.05) is 18.6 Å². The predicted molar refractivity (Wildman–Crippen MR) is 72.1 cm³/mol. The van der Waals surface area contributed by atoms with Gasteiger partial charge in [0.05, 0.1) is 6.10 Å². The highest BCUT2D eigenvalue weighted by molar-refractivity contribution is 5.01. The summed E-state index contributed by atoms with van der Waals surface area (Å²) >= 11 is 0. The van der Waals surface area contributed by atoms with Crippen molar-refractivity contribution in [3.8, 4) is 0 Å². The van der Waals surface area contributed by atoms with Crippen LogP contribution in [0.5, 0.6) is 0 Å². The minimum atomic E-state index is 0.437. The Morgan fingerprint density at radius 3 is 2.53 bits per heavy atom. The van der Waals surface area contributed by atoms with Crippen molar-refractivity contribution in [3.63, 3.8) is 0 Å². The van der Waals surface area contributed by atoms with E-state index in [1.54, 1.807) is 0 Å². The van der Waals surface area contributed by atoms with Gasteiger partial charge < -0.3 is 10.1 Å². The van der Waals surface area contributed by atoms with Crippen LogP contribution in [0.4, 0.5) is 0 Å². The Balaban J connectivity index is 2.06. The molecule has 0 aromatic rings. The van der Waals surface area contributed by atoms with Gasteiger partial charge in [-0.3, -0.25) is 0 Å². The number of hydrogen-bond acceptors (Lipinski definition) is 2. The Labute approximate surface area is 107 Å². The SMILES string of the molecule is CCC(CC)CC1(CNC)CCOC1C1CC1. The first-order valence-electron chi connectivity index (χ1n) is 7.52. The fourth-order valence-corrected chi connectivity index (χ4v) is 3.73. The lowest BCUT2D eigenvalue weighted by atomic mass is 9.71. The molecule has 0 aromatic carbocycles. The zero-order valence-corrected chi connectivity index (χ0v) is 11.8. The molecule has 1 saturated heterocycles. The van der Waals surface area contributed by atoms with Gasteiger partial charge >= 0.3 is 0 Å². The molecular formula is C15H29NO. The maximum atomic E-state index is 6.10. The molecule has 2 fully saturated rings. The topological polar surface area (TPSA) is 21.3 Å². The molecule has 2 rings (SSSR count). The average molecular weight is 239 g/mol. The quantitative estimate of drug-likeness (QED) is 0.736. The largest absolute Gasteiger partial charge is 0.377 e. The van der Waals surface area contributed by atoms with E-state index in [4.69, 9.17) is 4.74 Å². The zero-order chi connectivity index (χ0) is 12.3. The van der Waals surface area contributed by atoms with Crippen LogP contribution >= 0.6 is 0 Å². The smallest absolute Gasteiger partial charge is 0.0672 e. The highest BCUT2D eigenvalue weighted by Gasteiger charge is 2.50. The first-order valence-corrected chi connectivity index (χ1v) is 7.52. The van der Waals surface area contributed by atoms with Crippen LogP contribution in [0.1, 0.15) is 52.4 Å². The third-order valence-corrected chi connectivity index (χ3v) is 4.93. The van der Waals surface area contributed by atoms with E-state index in [0.29, 0.717) is 11.5 Å². The molecule has 0 bridgehead atoms. The van der Waals surface area contributed by atoms with Crippen LogP contribution in [-0.4, -0.2) is 26.3 Å². The number of rotatable bonds is 7. The fraction of sp³-hybridized carbons (Fsp3) is 1.00. The van der Waals surface area contributed by atoms with Crippen molar-refractivity contribution in [2.24, 2.45) is 17.3 Å². The Morgan fingerprint density at radius 2 is 2.00 bits per heavy atom. The molecule has 1 saturated carbocycles.